The molecule has 0 unspecified atom stereocenters. The molecule has 1 aliphatic rings. The van der Waals surface area contributed by atoms with E-state index >= 15 is 0 Å². The van der Waals surface area contributed by atoms with Gasteiger partial charge in [0.15, 0.2) is 13.2 Å². The molecule has 0 saturated heterocycles. The number of carbonyl (C=O) groups excluding carboxylic acids is 4. The normalized spacial score (nSPS) is 12.0. The van der Waals surface area contributed by atoms with Crippen molar-refractivity contribution in [3.63, 3.8) is 0 Å². The van der Waals surface area contributed by atoms with Crippen LogP contribution in [0.3, 0.4) is 0 Å². The minimum Gasteiger partial charge on any atom is -0.481 e. The molecule has 12 nitrogen and oxygen atoms in total. The predicted molar refractivity (Wildman–Crippen MR) is 160 cm³/mol. The van der Waals surface area contributed by atoms with E-state index in [1.54, 1.807) is 27.7 Å². The highest BCUT2D eigenvalue weighted by Crippen LogP contribution is 2.59. The van der Waals surface area contributed by atoms with Gasteiger partial charge >= 0.3 is 23.9 Å². The Hall–Kier alpha value is -4.40. The molecule has 2 rings (SSSR count). The molecule has 0 saturated carbocycles. The zero-order valence-electron chi connectivity index (χ0n) is 24.8. The van der Waals surface area contributed by atoms with Gasteiger partial charge in [0.1, 0.15) is 11.5 Å². The van der Waals surface area contributed by atoms with Crippen molar-refractivity contribution in [3.8, 4) is 17.6 Å². The number of thioether (sulfide) groups is 2. The van der Waals surface area contributed by atoms with Crippen molar-refractivity contribution < 1.29 is 47.6 Å². The van der Waals surface area contributed by atoms with Crippen LogP contribution in [0, 0.1) is 28.7 Å². The van der Waals surface area contributed by atoms with Crippen LogP contribution >= 0.6 is 23.5 Å². The van der Waals surface area contributed by atoms with Crippen molar-refractivity contribution in [3.05, 3.63) is 58.8 Å². The van der Waals surface area contributed by atoms with Gasteiger partial charge in [-0.25, -0.2) is 29.3 Å². The summed E-state index contributed by atoms with van der Waals surface area (Å²) in [5, 5.41) is 9.37. The number of ether oxygens (including phenoxy) is 6. The number of allylic oxidation sites excluding steroid dienone is 1. The maximum Gasteiger partial charge on any atom is 0.344 e. The smallest absolute Gasteiger partial charge is 0.344 e. The lowest BCUT2D eigenvalue weighted by Crippen LogP contribution is -2.29. The van der Waals surface area contributed by atoms with E-state index in [4.69, 9.17) is 35.0 Å². The van der Waals surface area contributed by atoms with Crippen LogP contribution in [0.5, 0.6) is 11.5 Å². The molecule has 44 heavy (non-hydrogen) atoms. The Labute approximate surface area is 264 Å². The van der Waals surface area contributed by atoms with Crippen LogP contribution in [0.25, 0.3) is 4.85 Å². The summed E-state index contributed by atoms with van der Waals surface area (Å²) in [5.41, 5.74) is -1.43. The van der Waals surface area contributed by atoms with Crippen molar-refractivity contribution in [1.29, 1.82) is 5.26 Å². The van der Waals surface area contributed by atoms with E-state index in [2.05, 4.69) is 18.0 Å². The molecule has 0 spiro atoms. The van der Waals surface area contributed by atoms with Crippen molar-refractivity contribution in [2.45, 2.75) is 37.5 Å². The minimum absolute atomic E-state index is 0.0165. The Morgan fingerprint density at radius 3 is 1.55 bits per heavy atom. The summed E-state index contributed by atoms with van der Waals surface area (Å²) >= 11 is 2.20. The maximum absolute atomic E-state index is 12.4. The van der Waals surface area contributed by atoms with Gasteiger partial charge in [-0.05, 0) is 12.1 Å². The third-order valence-corrected chi connectivity index (χ3v) is 7.93. The second-order valence-electron chi connectivity index (χ2n) is 10.6. The summed E-state index contributed by atoms with van der Waals surface area (Å²) in [5.74, 6) is -1.96. The number of fused-ring (bicyclic) bond motifs is 1. The molecule has 0 fully saturated rings. The third kappa shape index (κ3) is 11.4. The van der Waals surface area contributed by atoms with Gasteiger partial charge in [-0.3, -0.25) is 0 Å². The van der Waals surface area contributed by atoms with Gasteiger partial charge in [-0.2, -0.15) is 0 Å². The molecule has 0 aliphatic carbocycles. The van der Waals surface area contributed by atoms with Crippen LogP contribution in [0.4, 0.5) is 0 Å². The van der Waals surface area contributed by atoms with Crippen molar-refractivity contribution >= 4 is 47.4 Å². The highest BCUT2D eigenvalue weighted by atomic mass is 32.2. The fourth-order valence-corrected chi connectivity index (χ4v) is 5.51. The van der Waals surface area contributed by atoms with E-state index in [0.717, 1.165) is 35.7 Å². The number of hydrogen-bond acceptors (Lipinski definition) is 13. The van der Waals surface area contributed by atoms with Crippen LogP contribution < -0.4 is 9.47 Å². The number of carbonyl (C=O) groups is 4. The van der Waals surface area contributed by atoms with Crippen molar-refractivity contribution in [2.75, 3.05) is 39.6 Å². The second kappa shape index (κ2) is 16.4. The molecular weight excluding hydrogens is 612 g/mol. The number of esters is 4. The first-order valence-corrected chi connectivity index (χ1v) is 14.6. The number of hydrogen-bond donors (Lipinski definition) is 0. The lowest BCUT2D eigenvalue weighted by molar-refractivity contribution is -0.153. The van der Waals surface area contributed by atoms with E-state index in [9.17, 15) is 24.4 Å². The minimum atomic E-state index is -0.669. The van der Waals surface area contributed by atoms with Crippen LogP contribution in [0.2, 0.25) is 0 Å². The fourth-order valence-electron chi connectivity index (χ4n) is 3.01. The molecule has 0 atom stereocenters. The molecule has 234 valence electrons. The van der Waals surface area contributed by atoms with Gasteiger partial charge in [0.05, 0.1) is 53.1 Å². The lowest BCUT2D eigenvalue weighted by atomic mass is 9.96. The highest BCUT2D eigenvalue weighted by Gasteiger charge is 2.30. The van der Waals surface area contributed by atoms with Crippen LogP contribution in [0.15, 0.2) is 57.2 Å². The zero-order chi connectivity index (χ0) is 32.9. The summed E-state index contributed by atoms with van der Waals surface area (Å²) in [4.78, 5) is 51.7. The molecule has 14 heteroatoms. The van der Waals surface area contributed by atoms with Crippen molar-refractivity contribution in [1.82, 2.24) is 0 Å². The number of nitrogens with zero attached hydrogens (tertiary/aromatic N) is 2. The first-order valence-electron chi connectivity index (χ1n) is 12.9. The summed E-state index contributed by atoms with van der Waals surface area (Å²) in [6.45, 7) is 20.1. The maximum atomic E-state index is 12.4. The first kappa shape index (κ1) is 35.8. The van der Waals surface area contributed by atoms with Gasteiger partial charge in [0.25, 0.3) is 5.70 Å². The second-order valence-corrected chi connectivity index (χ2v) is 12.9. The Morgan fingerprint density at radius 1 is 0.818 bits per heavy atom. The summed E-state index contributed by atoms with van der Waals surface area (Å²) in [6, 6.07) is 4.91. The summed E-state index contributed by atoms with van der Waals surface area (Å²) < 4.78 is 32.4. The SMILES string of the molecule is [C-]#[N+]C(C#N)=C1Sc2c(OCC(=O)OCC(C)(C)COC(=O)C=C)ccc(OCC(=O)OCC(C)(C)COC(=O)C=C)c2S1. The zero-order valence-corrected chi connectivity index (χ0v) is 26.4. The molecule has 0 N–H and O–H groups in total. The molecular formula is C30H32N2O10S2. The average molecular weight is 645 g/mol. The molecule has 1 aromatic carbocycles. The fraction of sp³-hybridized carbons (Fsp3) is 0.400. The van der Waals surface area contributed by atoms with Crippen LogP contribution in [0.1, 0.15) is 27.7 Å². The molecule has 0 aromatic heterocycles. The van der Waals surface area contributed by atoms with E-state index in [1.165, 1.54) is 12.1 Å². The van der Waals surface area contributed by atoms with Gasteiger partial charge in [0, 0.05) is 23.0 Å². The molecule has 0 amide bonds. The predicted octanol–water partition coefficient (Wildman–Crippen LogP) is 4.85. The number of rotatable bonds is 16. The molecule has 1 aliphatic heterocycles. The highest BCUT2D eigenvalue weighted by molar-refractivity contribution is 8.24. The quantitative estimate of drug-likeness (QED) is 0.0793. The Kier molecular flexibility index (Phi) is 13.4. The lowest BCUT2D eigenvalue weighted by Gasteiger charge is -2.23. The number of benzene rings is 1. The van der Waals surface area contributed by atoms with Crippen LogP contribution in [-0.4, -0.2) is 63.5 Å². The molecule has 1 aromatic rings. The van der Waals surface area contributed by atoms with Gasteiger partial charge in [-0.1, -0.05) is 64.4 Å². The first-order chi connectivity index (χ1) is 20.7. The summed E-state index contributed by atoms with van der Waals surface area (Å²) in [7, 11) is 0. The summed E-state index contributed by atoms with van der Waals surface area (Å²) in [6.07, 6.45) is 2.08. The standard InChI is InChI=1S/C30H32N2O10S2/c1-8-22(33)39-15-29(3,4)17-41-24(35)13-37-20-10-11-21(27-26(20)43-28(44-27)19(12-31)32-7)38-14-25(36)42-18-30(5,6)16-40-23(34)9-2/h8-11H,1-2,13-18H2,3-6H3. The number of nitriles is 1. The molecule has 0 radical (unpaired) electrons. The van der Waals surface area contributed by atoms with Gasteiger partial charge in [-0.15, -0.1) is 0 Å². The van der Waals surface area contributed by atoms with E-state index in [-0.39, 0.29) is 43.6 Å². The van der Waals surface area contributed by atoms with Crippen molar-refractivity contribution in [2.24, 2.45) is 10.8 Å². The van der Waals surface area contributed by atoms with E-state index in [1.807, 2.05) is 6.07 Å². The van der Waals surface area contributed by atoms with E-state index < -0.39 is 47.9 Å². The Morgan fingerprint density at radius 2 is 1.20 bits per heavy atom. The average Bonchev–Trinajstić information content (AvgIpc) is 3.45. The topological polar surface area (TPSA) is 152 Å². The third-order valence-electron chi connectivity index (χ3n) is 5.32. The Bertz CT molecular complexity index is 1320. The monoisotopic (exact) mass is 644 g/mol. The van der Waals surface area contributed by atoms with Gasteiger partial charge in [0.2, 0.25) is 0 Å². The molecule has 0 bridgehead atoms. The molecule has 1 heterocycles. The van der Waals surface area contributed by atoms with Crippen LogP contribution in [-0.2, 0) is 38.1 Å². The Balaban J connectivity index is 2.07. The van der Waals surface area contributed by atoms with E-state index in [0.29, 0.717) is 14.0 Å². The van der Waals surface area contributed by atoms with Gasteiger partial charge < -0.3 is 28.4 Å². The largest absolute Gasteiger partial charge is 0.481 e.